The number of rotatable bonds is 7. The van der Waals surface area contributed by atoms with Crippen LogP contribution in [0.2, 0.25) is 0 Å². The molecule has 0 spiro atoms. The number of carbonyl (C=O) groups is 1. The summed E-state index contributed by atoms with van der Waals surface area (Å²) in [5.41, 5.74) is 3.57. The first-order valence-corrected chi connectivity index (χ1v) is 7.23. The van der Waals surface area contributed by atoms with Crippen LogP contribution < -0.4 is 5.32 Å². The molecule has 0 aliphatic carbocycles. The number of hydrogen-bond acceptors (Lipinski definition) is 2. The standard InChI is InChI=1S/C17H19NOS/c19-17(20)12-16-8-4-7-14(11-16)9-10-18-13-15-5-2-1-3-6-15/h1-8,11,18H,9-10,12-13H2,(H,19,20). The smallest absolute Gasteiger partial charge is 0.190 e. The van der Waals surface area contributed by atoms with Crippen LogP contribution in [0.5, 0.6) is 0 Å². The van der Waals surface area contributed by atoms with E-state index in [1.54, 1.807) is 0 Å². The van der Waals surface area contributed by atoms with Crippen LogP contribution in [-0.4, -0.2) is 11.7 Å². The van der Waals surface area contributed by atoms with Gasteiger partial charge in [0, 0.05) is 13.0 Å². The summed E-state index contributed by atoms with van der Waals surface area (Å²) in [6.07, 6.45) is 1.36. The Morgan fingerprint density at radius 1 is 0.950 bits per heavy atom. The van der Waals surface area contributed by atoms with E-state index in [-0.39, 0.29) is 5.12 Å². The molecule has 2 rings (SSSR count). The molecule has 0 fully saturated rings. The van der Waals surface area contributed by atoms with Crippen LogP contribution in [0.15, 0.2) is 54.6 Å². The molecule has 0 bridgehead atoms. The summed E-state index contributed by atoms with van der Waals surface area (Å²) in [4.78, 5) is 11.0. The van der Waals surface area contributed by atoms with Gasteiger partial charge in [0.15, 0.2) is 5.12 Å². The summed E-state index contributed by atoms with van der Waals surface area (Å²) in [6.45, 7) is 1.81. The van der Waals surface area contributed by atoms with Crippen molar-refractivity contribution in [2.24, 2.45) is 0 Å². The third-order valence-corrected chi connectivity index (χ3v) is 3.27. The normalized spacial score (nSPS) is 10.4. The summed E-state index contributed by atoms with van der Waals surface area (Å²) in [7, 11) is 0. The Morgan fingerprint density at radius 3 is 2.40 bits per heavy atom. The van der Waals surface area contributed by atoms with E-state index in [1.165, 1.54) is 11.1 Å². The van der Waals surface area contributed by atoms with Gasteiger partial charge in [0.05, 0.1) is 0 Å². The van der Waals surface area contributed by atoms with Gasteiger partial charge in [0.2, 0.25) is 0 Å². The van der Waals surface area contributed by atoms with Gasteiger partial charge in [-0.1, -0.05) is 54.6 Å². The van der Waals surface area contributed by atoms with Gasteiger partial charge in [-0.2, -0.15) is 0 Å². The number of hydrogen-bond donors (Lipinski definition) is 2. The average molecular weight is 285 g/mol. The molecule has 0 heterocycles. The van der Waals surface area contributed by atoms with Gasteiger partial charge < -0.3 is 5.32 Å². The molecule has 20 heavy (non-hydrogen) atoms. The SMILES string of the molecule is O=C(S)Cc1cccc(CCNCc2ccccc2)c1. The summed E-state index contributed by atoms with van der Waals surface area (Å²) >= 11 is 3.82. The molecule has 0 amide bonds. The highest BCUT2D eigenvalue weighted by atomic mass is 32.1. The van der Waals surface area contributed by atoms with Crippen molar-refractivity contribution in [3.8, 4) is 0 Å². The van der Waals surface area contributed by atoms with Crippen LogP contribution in [0.4, 0.5) is 0 Å². The number of nitrogens with one attached hydrogen (secondary N) is 1. The average Bonchev–Trinajstić information content (AvgIpc) is 2.44. The molecule has 104 valence electrons. The van der Waals surface area contributed by atoms with Crippen LogP contribution in [0, 0.1) is 0 Å². The molecule has 0 atom stereocenters. The van der Waals surface area contributed by atoms with Crippen molar-refractivity contribution in [2.75, 3.05) is 6.54 Å². The molecule has 0 radical (unpaired) electrons. The summed E-state index contributed by atoms with van der Waals surface area (Å²) in [5, 5.41) is 3.34. The van der Waals surface area contributed by atoms with E-state index in [1.807, 2.05) is 18.2 Å². The van der Waals surface area contributed by atoms with E-state index in [4.69, 9.17) is 0 Å². The third kappa shape index (κ3) is 5.19. The second-order valence-corrected chi connectivity index (χ2v) is 5.30. The molecule has 1 N–H and O–H groups in total. The maximum Gasteiger partial charge on any atom is 0.190 e. The molecule has 3 heteroatoms. The molecule has 2 aromatic rings. The Balaban J connectivity index is 1.78. The Bertz CT molecular complexity index is 554. The van der Waals surface area contributed by atoms with Crippen molar-refractivity contribution >= 4 is 17.7 Å². The zero-order chi connectivity index (χ0) is 14.2. The first-order chi connectivity index (χ1) is 9.74. The fraction of sp³-hybridized carbons (Fsp3) is 0.235. The number of benzene rings is 2. The summed E-state index contributed by atoms with van der Waals surface area (Å²) in [6, 6.07) is 18.5. The zero-order valence-corrected chi connectivity index (χ0v) is 12.3. The van der Waals surface area contributed by atoms with Gasteiger partial charge in [0.1, 0.15) is 0 Å². The van der Waals surface area contributed by atoms with Gasteiger partial charge >= 0.3 is 0 Å². The first kappa shape index (κ1) is 14.8. The molecule has 0 unspecified atom stereocenters. The molecule has 0 aromatic heterocycles. The van der Waals surface area contributed by atoms with Crippen LogP contribution in [0.25, 0.3) is 0 Å². The van der Waals surface area contributed by atoms with Crippen molar-refractivity contribution in [1.29, 1.82) is 0 Å². The Hall–Kier alpha value is -1.58. The highest BCUT2D eigenvalue weighted by Crippen LogP contribution is 2.08. The zero-order valence-electron chi connectivity index (χ0n) is 11.4. The fourth-order valence-electron chi connectivity index (χ4n) is 2.13. The maximum absolute atomic E-state index is 11.0. The quantitative estimate of drug-likeness (QED) is 0.605. The van der Waals surface area contributed by atoms with Crippen molar-refractivity contribution < 1.29 is 4.79 Å². The second kappa shape index (κ2) is 7.88. The van der Waals surface area contributed by atoms with Crippen molar-refractivity contribution in [3.63, 3.8) is 0 Å². The van der Waals surface area contributed by atoms with Gasteiger partial charge in [-0.15, -0.1) is 12.6 Å². The minimum Gasteiger partial charge on any atom is -0.312 e. The predicted octanol–water partition coefficient (Wildman–Crippen LogP) is 3.02. The molecule has 0 saturated carbocycles. The van der Waals surface area contributed by atoms with Crippen molar-refractivity contribution in [3.05, 3.63) is 71.3 Å². The molecular weight excluding hydrogens is 266 g/mol. The largest absolute Gasteiger partial charge is 0.312 e. The van der Waals surface area contributed by atoms with E-state index < -0.39 is 0 Å². The van der Waals surface area contributed by atoms with Gasteiger partial charge in [-0.25, -0.2) is 0 Å². The van der Waals surface area contributed by atoms with Gasteiger partial charge in [-0.05, 0) is 29.7 Å². The van der Waals surface area contributed by atoms with E-state index in [0.717, 1.165) is 25.1 Å². The Labute approximate surface area is 125 Å². The minimum atomic E-state index is -0.0932. The molecule has 0 aliphatic heterocycles. The number of carbonyl (C=O) groups excluding carboxylic acids is 1. The minimum absolute atomic E-state index is 0.0932. The summed E-state index contributed by atoms with van der Waals surface area (Å²) in [5.74, 6) is 0. The maximum atomic E-state index is 11.0. The monoisotopic (exact) mass is 285 g/mol. The molecule has 0 saturated heterocycles. The molecule has 2 aromatic carbocycles. The second-order valence-electron chi connectivity index (χ2n) is 4.80. The third-order valence-electron chi connectivity index (χ3n) is 3.11. The lowest BCUT2D eigenvalue weighted by Crippen LogP contribution is -2.16. The van der Waals surface area contributed by atoms with Gasteiger partial charge in [-0.3, -0.25) is 4.79 Å². The Kier molecular flexibility index (Phi) is 5.84. The molecule has 2 nitrogen and oxygen atoms in total. The first-order valence-electron chi connectivity index (χ1n) is 6.78. The van der Waals surface area contributed by atoms with Crippen LogP contribution in [-0.2, 0) is 24.2 Å². The molecule has 0 aliphatic rings. The predicted molar refractivity (Wildman–Crippen MR) is 86.0 cm³/mol. The summed E-state index contributed by atoms with van der Waals surface area (Å²) < 4.78 is 0. The van der Waals surface area contributed by atoms with E-state index in [2.05, 4.69) is 54.3 Å². The van der Waals surface area contributed by atoms with Crippen LogP contribution in [0.1, 0.15) is 16.7 Å². The van der Waals surface area contributed by atoms with Crippen LogP contribution in [0.3, 0.4) is 0 Å². The lowest BCUT2D eigenvalue weighted by molar-refractivity contribution is -0.110. The lowest BCUT2D eigenvalue weighted by Gasteiger charge is -2.06. The van der Waals surface area contributed by atoms with Crippen molar-refractivity contribution in [1.82, 2.24) is 5.32 Å². The van der Waals surface area contributed by atoms with E-state index in [0.29, 0.717) is 6.42 Å². The number of thiol groups is 1. The molecular formula is C17H19NOS. The Morgan fingerprint density at radius 2 is 1.65 bits per heavy atom. The highest BCUT2D eigenvalue weighted by molar-refractivity contribution is 7.96. The van der Waals surface area contributed by atoms with Gasteiger partial charge in [0.25, 0.3) is 0 Å². The highest BCUT2D eigenvalue weighted by Gasteiger charge is 2.00. The topological polar surface area (TPSA) is 29.1 Å². The van der Waals surface area contributed by atoms with E-state index >= 15 is 0 Å². The van der Waals surface area contributed by atoms with E-state index in [9.17, 15) is 4.79 Å². The van der Waals surface area contributed by atoms with Crippen LogP contribution >= 0.6 is 12.6 Å². The fourth-order valence-corrected chi connectivity index (χ4v) is 2.31. The van der Waals surface area contributed by atoms with Crippen molar-refractivity contribution in [2.45, 2.75) is 19.4 Å². The lowest BCUT2D eigenvalue weighted by atomic mass is 10.1.